The van der Waals surface area contributed by atoms with Crippen molar-refractivity contribution < 1.29 is 47.9 Å². The van der Waals surface area contributed by atoms with Crippen molar-refractivity contribution in [1.82, 2.24) is 5.32 Å². The van der Waals surface area contributed by atoms with Gasteiger partial charge in [-0.15, -0.1) is 0 Å². The third-order valence-corrected chi connectivity index (χ3v) is 10.9. The van der Waals surface area contributed by atoms with E-state index in [1.165, 1.54) is 6.92 Å². The van der Waals surface area contributed by atoms with Crippen LogP contribution in [0.25, 0.3) is 0 Å². The Bertz CT molecular complexity index is 657. The summed E-state index contributed by atoms with van der Waals surface area (Å²) >= 11 is 0. The Morgan fingerprint density at radius 3 is 1.97 bits per heavy atom. The Hall–Kier alpha value is -1.12. The summed E-state index contributed by atoms with van der Waals surface area (Å²) in [6.45, 7) is 16.0. The van der Waals surface area contributed by atoms with Gasteiger partial charge in [-0.05, 0) is 24.6 Å². The number of aliphatic hydroxyl groups is 1. The molecule has 1 rings (SSSR count). The van der Waals surface area contributed by atoms with Crippen molar-refractivity contribution in [3.05, 3.63) is 0 Å². The number of aliphatic carboxylic acids is 1. The average Bonchev–Trinajstić information content (AvgIpc) is 2.76. The molecule has 3 N–H and O–H groups in total. The van der Waals surface area contributed by atoms with Crippen molar-refractivity contribution in [2.75, 3.05) is 46.2 Å². The molecule has 0 saturated carbocycles. The van der Waals surface area contributed by atoms with Gasteiger partial charge in [0.15, 0.2) is 14.6 Å². The molecule has 1 saturated heterocycles. The number of ether oxygens (including phenoxy) is 5. The molecule has 5 unspecified atom stereocenters. The molecular formula is C24H47NO10Si. The molecule has 0 aromatic heterocycles. The molecule has 0 spiro atoms. The summed E-state index contributed by atoms with van der Waals surface area (Å²) in [6, 6.07) is -0.668. The summed E-state index contributed by atoms with van der Waals surface area (Å²) in [6.07, 6.45) is -2.30. The van der Waals surface area contributed by atoms with E-state index in [0.717, 1.165) is 0 Å². The van der Waals surface area contributed by atoms with Gasteiger partial charge in [-0.25, -0.2) is 0 Å². The molecule has 1 aliphatic rings. The number of hydrogen-bond acceptors (Lipinski definition) is 9. The molecular weight excluding hydrogens is 490 g/mol. The number of hydrogen-bond donors (Lipinski definition) is 3. The van der Waals surface area contributed by atoms with Gasteiger partial charge < -0.3 is 43.6 Å². The first kappa shape index (κ1) is 32.9. The number of carbonyl (C=O) groups excluding carboxylic acids is 1. The Morgan fingerprint density at radius 2 is 1.50 bits per heavy atom. The second kappa shape index (κ2) is 16.0. The number of carbonyl (C=O) groups is 2. The molecule has 5 atom stereocenters. The van der Waals surface area contributed by atoms with Crippen molar-refractivity contribution in [3.63, 3.8) is 0 Å². The lowest BCUT2D eigenvalue weighted by Gasteiger charge is -2.49. The van der Waals surface area contributed by atoms with E-state index in [2.05, 4.69) is 39.2 Å². The van der Waals surface area contributed by atoms with Gasteiger partial charge in [-0.2, -0.15) is 0 Å². The van der Waals surface area contributed by atoms with Gasteiger partial charge >= 0.3 is 5.97 Å². The van der Waals surface area contributed by atoms with Gasteiger partial charge in [-0.3, -0.25) is 9.59 Å². The fraction of sp³-hybridized carbons (Fsp3) is 0.917. The molecule has 0 aliphatic carbocycles. The highest BCUT2D eigenvalue weighted by Gasteiger charge is 2.50. The fourth-order valence-corrected chi connectivity index (χ4v) is 4.69. The summed E-state index contributed by atoms with van der Waals surface area (Å²) < 4.78 is 34.6. The third-order valence-electron chi connectivity index (χ3n) is 6.40. The summed E-state index contributed by atoms with van der Waals surface area (Å²) in [5, 5.41) is 22.4. The Balaban J connectivity index is 2.56. The van der Waals surface area contributed by atoms with Crippen LogP contribution in [0.15, 0.2) is 0 Å². The zero-order valence-corrected chi connectivity index (χ0v) is 23.9. The van der Waals surface area contributed by atoms with Crippen molar-refractivity contribution in [3.8, 4) is 0 Å². The largest absolute Gasteiger partial charge is 0.481 e. The molecule has 212 valence electrons. The molecule has 1 heterocycles. The van der Waals surface area contributed by atoms with Gasteiger partial charge in [0.25, 0.3) is 0 Å². The highest BCUT2D eigenvalue weighted by molar-refractivity contribution is 6.74. The number of amides is 1. The van der Waals surface area contributed by atoms with E-state index in [-0.39, 0.29) is 37.2 Å². The molecule has 0 radical (unpaired) electrons. The van der Waals surface area contributed by atoms with Crippen LogP contribution in [-0.2, 0) is 37.7 Å². The highest BCUT2D eigenvalue weighted by Crippen LogP contribution is 2.39. The predicted octanol–water partition coefficient (Wildman–Crippen LogP) is 1.92. The number of nitrogens with one attached hydrogen (secondary N) is 1. The standard InChI is InChI=1S/C24H47NO10Si/c1-8-18-21(29)22(35-36(6,7)24(3,4)5)20(25-17(2)26)23(34-18)33-16-15-32-14-13-31-12-11-30-10-9-19(27)28/h18,20-23,29H,8-16H2,1-7H3,(H,25,26)(H,27,28). The van der Waals surface area contributed by atoms with E-state index in [1.54, 1.807) is 0 Å². The minimum Gasteiger partial charge on any atom is -0.481 e. The Kier molecular flexibility index (Phi) is 14.6. The smallest absolute Gasteiger partial charge is 0.305 e. The van der Waals surface area contributed by atoms with Crippen LogP contribution < -0.4 is 5.32 Å². The molecule has 0 aromatic rings. The number of carboxylic acids is 1. The van der Waals surface area contributed by atoms with Gasteiger partial charge in [0.1, 0.15) is 12.1 Å². The lowest BCUT2D eigenvalue weighted by Crippen LogP contribution is -2.67. The number of aliphatic hydroxyl groups excluding tert-OH is 1. The van der Waals surface area contributed by atoms with Crippen LogP contribution in [0.1, 0.15) is 47.5 Å². The van der Waals surface area contributed by atoms with Crippen LogP contribution in [0.3, 0.4) is 0 Å². The number of carboxylic acid groups (broad SMARTS) is 1. The molecule has 1 amide bonds. The topological polar surface area (TPSA) is 142 Å². The van der Waals surface area contributed by atoms with Gasteiger partial charge in [0.2, 0.25) is 5.91 Å². The molecule has 36 heavy (non-hydrogen) atoms. The maximum Gasteiger partial charge on any atom is 0.305 e. The third kappa shape index (κ3) is 11.5. The second-order valence-electron chi connectivity index (χ2n) is 10.4. The quantitative estimate of drug-likeness (QED) is 0.186. The molecule has 1 aliphatic heterocycles. The van der Waals surface area contributed by atoms with E-state index in [0.29, 0.717) is 32.8 Å². The maximum atomic E-state index is 12.0. The van der Waals surface area contributed by atoms with Crippen molar-refractivity contribution in [2.24, 2.45) is 0 Å². The predicted molar refractivity (Wildman–Crippen MR) is 135 cm³/mol. The highest BCUT2D eigenvalue weighted by atomic mass is 28.4. The van der Waals surface area contributed by atoms with Crippen LogP contribution in [0.2, 0.25) is 18.1 Å². The van der Waals surface area contributed by atoms with Crippen molar-refractivity contribution in [2.45, 2.75) is 96.2 Å². The number of rotatable bonds is 17. The zero-order valence-electron chi connectivity index (χ0n) is 22.9. The molecule has 0 bridgehead atoms. The normalized spacial score (nSPS) is 25.1. The summed E-state index contributed by atoms with van der Waals surface area (Å²) in [7, 11) is -2.27. The monoisotopic (exact) mass is 537 g/mol. The average molecular weight is 538 g/mol. The van der Waals surface area contributed by atoms with Crippen molar-refractivity contribution in [1.29, 1.82) is 0 Å². The first-order valence-corrected chi connectivity index (χ1v) is 15.6. The van der Waals surface area contributed by atoms with E-state index in [4.69, 9.17) is 33.2 Å². The van der Waals surface area contributed by atoms with Crippen LogP contribution in [0.5, 0.6) is 0 Å². The molecule has 11 nitrogen and oxygen atoms in total. The fourth-order valence-electron chi connectivity index (χ4n) is 3.37. The summed E-state index contributed by atoms with van der Waals surface area (Å²) in [4.78, 5) is 22.4. The molecule has 1 fully saturated rings. The first-order valence-electron chi connectivity index (χ1n) is 12.6. The molecule has 0 aromatic carbocycles. The van der Waals surface area contributed by atoms with E-state index >= 15 is 0 Å². The Morgan fingerprint density at radius 1 is 0.972 bits per heavy atom. The van der Waals surface area contributed by atoms with Crippen LogP contribution in [0, 0.1) is 0 Å². The van der Waals surface area contributed by atoms with E-state index in [1.807, 2.05) is 6.92 Å². The lowest BCUT2D eigenvalue weighted by atomic mass is 9.95. The minimum atomic E-state index is -2.27. The summed E-state index contributed by atoms with van der Waals surface area (Å²) in [5.74, 6) is -1.16. The molecule has 12 heteroatoms. The van der Waals surface area contributed by atoms with E-state index < -0.39 is 44.9 Å². The van der Waals surface area contributed by atoms with Crippen molar-refractivity contribution >= 4 is 20.2 Å². The SMILES string of the molecule is CCC1OC(OCCOCCOCCOCCC(=O)O)C(NC(C)=O)C(O[Si](C)(C)C(C)(C)C)C1O. The minimum absolute atomic E-state index is 0.0300. The van der Waals surface area contributed by atoms with Gasteiger partial charge in [0.05, 0.1) is 64.9 Å². The van der Waals surface area contributed by atoms with Gasteiger partial charge in [-0.1, -0.05) is 27.7 Å². The van der Waals surface area contributed by atoms with E-state index in [9.17, 15) is 14.7 Å². The van der Waals surface area contributed by atoms with Crippen LogP contribution >= 0.6 is 0 Å². The Labute approximate surface area is 216 Å². The van der Waals surface area contributed by atoms with Gasteiger partial charge in [0, 0.05) is 6.92 Å². The lowest BCUT2D eigenvalue weighted by molar-refractivity contribution is -0.264. The summed E-state index contributed by atoms with van der Waals surface area (Å²) in [5.41, 5.74) is 0. The zero-order chi connectivity index (χ0) is 27.4. The second-order valence-corrected chi connectivity index (χ2v) is 15.1. The maximum absolute atomic E-state index is 12.0. The first-order chi connectivity index (χ1) is 16.8. The van der Waals surface area contributed by atoms with Crippen LogP contribution in [-0.4, -0.2) is 107 Å². The van der Waals surface area contributed by atoms with Crippen LogP contribution in [0.4, 0.5) is 0 Å².